The van der Waals surface area contributed by atoms with E-state index in [1.807, 2.05) is 12.1 Å². The molecule has 4 rings (SSSR count). The maximum atomic E-state index is 12.3. The maximum Gasteiger partial charge on any atom is 0.230 e. The molecule has 2 heterocycles. The van der Waals surface area contributed by atoms with Crippen molar-refractivity contribution >= 4 is 34.1 Å². The summed E-state index contributed by atoms with van der Waals surface area (Å²) in [5.41, 5.74) is 0. The zero-order valence-electron chi connectivity index (χ0n) is 14.8. The van der Waals surface area contributed by atoms with Crippen molar-refractivity contribution in [3.63, 3.8) is 0 Å². The second-order valence-corrected chi connectivity index (χ2v) is 9.49. The standard InChI is InChI=1S/C18H24N4O2S2/c1-11(15-8-12-4-5-13(15)7-12)20-16(23)10-25-18-22-21-17(26-18)19-9-14-3-2-6-24-14/h2-3,6,11-13,15H,4-5,7-10H2,1H3,(H,19,21)(H,20,23)/t11-,12-,13-,15-/m0/s1. The summed E-state index contributed by atoms with van der Waals surface area (Å²) in [4.78, 5) is 12.3. The van der Waals surface area contributed by atoms with Crippen LogP contribution in [0.2, 0.25) is 0 Å². The number of aromatic nitrogens is 2. The average Bonchev–Trinajstić information content (AvgIpc) is 3.43. The Morgan fingerprint density at radius 2 is 2.35 bits per heavy atom. The van der Waals surface area contributed by atoms with Crippen molar-refractivity contribution in [2.45, 2.75) is 49.5 Å². The van der Waals surface area contributed by atoms with Gasteiger partial charge in [-0.15, -0.1) is 10.2 Å². The smallest absolute Gasteiger partial charge is 0.230 e. The zero-order chi connectivity index (χ0) is 17.9. The minimum absolute atomic E-state index is 0.0885. The predicted octanol–water partition coefficient (Wildman–Crippen LogP) is 3.78. The van der Waals surface area contributed by atoms with Crippen LogP contribution in [0.3, 0.4) is 0 Å². The van der Waals surface area contributed by atoms with Crippen LogP contribution in [0.1, 0.15) is 38.4 Å². The van der Waals surface area contributed by atoms with Crippen molar-refractivity contribution in [2.75, 3.05) is 11.1 Å². The van der Waals surface area contributed by atoms with Crippen LogP contribution in [0.4, 0.5) is 5.13 Å². The van der Waals surface area contributed by atoms with Crippen molar-refractivity contribution in [3.8, 4) is 0 Å². The van der Waals surface area contributed by atoms with Gasteiger partial charge >= 0.3 is 0 Å². The third-order valence-corrected chi connectivity index (χ3v) is 7.57. The summed E-state index contributed by atoms with van der Waals surface area (Å²) in [6, 6.07) is 4.04. The molecular formula is C18H24N4O2S2. The summed E-state index contributed by atoms with van der Waals surface area (Å²) in [7, 11) is 0. The summed E-state index contributed by atoms with van der Waals surface area (Å²) in [6.07, 6.45) is 7.06. The number of amides is 1. The lowest BCUT2D eigenvalue weighted by molar-refractivity contribution is -0.119. The Labute approximate surface area is 161 Å². The number of thioether (sulfide) groups is 1. The number of hydrogen-bond donors (Lipinski definition) is 2. The van der Waals surface area contributed by atoms with Gasteiger partial charge in [0.2, 0.25) is 11.0 Å². The van der Waals surface area contributed by atoms with Gasteiger partial charge < -0.3 is 15.1 Å². The third kappa shape index (κ3) is 4.23. The number of nitrogens with zero attached hydrogens (tertiary/aromatic N) is 2. The number of nitrogens with one attached hydrogen (secondary N) is 2. The Balaban J connectivity index is 1.19. The summed E-state index contributed by atoms with van der Waals surface area (Å²) in [5, 5.41) is 15.3. The van der Waals surface area contributed by atoms with Gasteiger partial charge in [0, 0.05) is 6.04 Å². The molecule has 0 unspecified atom stereocenters. The van der Waals surface area contributed by atoms with Crippen LogP contribution in [-0.2, 0) is 11.3 Å². The summed E-state index contributed by atoms with van der Waals surface area (Å²) >= 11 is 2.90. The van der Waals surface area contributed by atoms with Crippen LogP contribution in [0.25, 0.3) is 0 Å². The first kappa shape index (κ1) is 17.9. The van der Waals surface area contributed by atoms with Crippen molar-refractivity contribution in [1.29, 1.82) is 0 Å². The monoisotopic (exact) mass is 392 g/mol. The number of carbonyl (C=O) groups is 1. The normalized spacial score (nSPS) is 25.3. The molecule has 0 saturated heterocycles. The molecule has 1 amide bonds. The lowest BCUT2D eigenvalue weighted by Crippen LogP contribution is -2.40. The average molecular weight is 393 g/mol. The molecular weight excluding hydrogens is 368 g/mol. The van der Waals surface area contributed by atoms with Crippen LogP contribution in [-0.4, -0.2) is 27.9 Å². The van der Waals surface area contributed by atoms with Gasteiger partial charge in [-0.05, 0) is 56.1 Å². The number of hydrogen-bond acceptors (Lipinski definition) is 7. The van der Waals surface area contributed by atoms with Gasteiger partial charge in [-0.2, -0.15) is 0 Å². The first-order valence-corrected chi connectivity index (χ1v) is 11.0. The van der Waals surface area contributed by atoms with Gasteiger partial charge in [0.25, 0.3) is 0 Å². The Morgan fingerprint density at radius 3 is 3.08 bits per heavy atom. The number of anilines is 1. The quantitative estimate of drug-likeness (QED) is 0.666. The molecule has 26 heavy (non-hydrogen) atoms. The van der Waals surface area contributed by atoms with Gasteiger partial charge in [-0.1, -0.05) is 29.5 Å². The van der Waals surface area contributed by atoms with E-state index in [1.165, 1.54) is 48.8 Å². The van der Waals surface area contributed by atoms with Gasteiger partial charge in [0.05, 0.1) is 18.6 Å². The van der Waals surface area contributed by atoms with E-state index in [2.05, 4.69) is 27.8 Å². The van der Waals surface area contributed by atoms with E-state index in [1.54, 1.807) is 6.26 Å². The minimum atomic E-state index is 0.0885. The molecule has 0 aliphatic heterocycles. The van der Waals surface area contributed by atoms with Crippen LogP contribution >= 0.6 is 23.1 Å². The van der Waals surface area contributed by atoms with E-state index in [9.17, 15) is 4.79 Å². The van der Waals surface area contributed by atoms with Gasteiger partial charge in [0.1, 0.15) is 5.76 Å². The lowest BCUT2D eigenvalue weighted by atomic mass is 9.84. The van der Waals surface area contributed by atoms with Gasteiger partial charge in [-0.3, -0.25) is 4.79 Å². The fraction of sp³-hybridized carbons (Fsp3) is 0.611. The molecule has 2 aromatic heterocycles. The van der Waals surface area contributed by atoms with Crippen LogP contribution in [0, 0.1) is 17.8 Å². The molecule has 6 nitrogen and oxygen atoms in total. The van der Waals surface area contributed by atoms with Crippen molar-refractivity contribution in [1.82, 2.24) is 15.5 Å². The zero-order valence-corrected chi connectivity index (χ0v) is 16.4. The Kier molecular flexibility index (Phi) is 5.49. The number of rotatable bonds is 8. The van der Waals surface area contributed by atoms with E-state index >= 15 is 0 Å². The number of furan rings is 1. The van der Waals surface area contributed by atoms with E-state index in [-0.39, 0.29) is 11.9 Å². The summed E-state index contributed by atoms with van der Waals surface area (Å²) in [5.74, 6) is 3.73. The fourth-order valence-electron chi connectivity index (χ4n) is 4.35. The molecule has 0 aromatic carbocycles. The highest BCUT2D eigenvalue weighted by molar-refractivity contribution is 8.01. The van der Waals surface area contributed by atoms with Crippen molar-refractivity contribution in [3.05, 3.63) is 24.2 Å². The Bertz CT molecular complexity index is 733. The van der Waals surface area contributed by atoms with Crippen molar-refractivity contribution < 1.29 is 9.21 Å². The fourth-order valence-corrected chi connectivity index (χ4v) is 5.91. The van der Waals surface area contributed by atoms with E-state index in [0.29, 0.717) is 18.2 Å². The van der Waals surface area contributed by atoms with E-state index < -0.39 is 0 Å². The highest BCUT2D eigenvalue weighted by Crippen LogP contribution is 2.49. The van der Waals surface area contributed by atoms with E-state index in [4.69, 9.17) is 4.42 Å². The molecule has 2 aromatic rings. The SMILES string of the molecule is C[C@H](NC(=O)CSc1nnc(NCc2ccco2)s1)[C@@H]1C[C@H]2CC[C@H]1C2. The number of fused-ring (bicyclic) bond motifs is 2. The first-order valence-electron chi connectivity index (χ1n) is 9.19. The molecule has 2 aliphatic carbocycles. The summed E-state index contributed by atoms with van der Waals surface area (Å²) in [6.45, 7) is 2.74. The highest BCUT2D eigenvalue weighted by atomic mass is 32.2. The topological polar surface area (TPSA) is 80.0 Å². The van der Waals surface area contributed by atoms with Crippen LogP contribution in [0.5, 0.6) is 0 Å². The Morgan fingerprint density at radius 1 is 1.42 bits per heavy atom. The molecule has 4 atom stereocenters. The molecule has 2 aliphatic rings. The highest BCUT2D eigenvalue weighted by Gasteiger charge is 2.42. The molecule has 0 radical (unpaired) electrons. The van der Waals surface area contributed by atoms with Gasteiger partial charge in [0.15, 0.2) is 4.34 Å². The number of carbonyl (C=O) groups excluding carboxylic acids is 1. The largest absolute Gasteiger partial charge is 0.467 e. The maximum absolute atomic E-state index is 12.3. The molecule has 8 heteroatoms. The summed E-state index contributed by atoms with van der Waals surface area (Å²) < 4.78 is 6.07. The van der Waals surface area contributed by atoms with Crippen LogP contribution in [0.15, 0.2) is 27.2 Å². The van der Waals surface area contributed by atoms with E-state index in [0.717, 1.165) is 27.1 Å². The molecule has 2 saturated carbocycles. The minimum Gasteiger partial charge on any atom is -0.467 e. The van der Waals surface area contributed by atoms with Gasteiger partial charge in [-0.25, -0.2) is 0 Å². The second kappa shape index (κ2) is 8.00. The Hall–Kier alpha value is -1.54. The van der Waals surface area contributed by atoms with Crippen LogP contribution < -0.4 is 10.6 Å². The molecule has 0 spiro atoms. The molecule has 2 N–H and O–H groups in total. The first-order chi connectivity index (χ1) is 12.7. The molecule has 2 bridgehead atoms. The molecule has 2 fully saturated rings. The molecule has 140 valence electrons. The lowest BCUT2D eigenvalue weighted by Gasteiger charge is -2.28. The third-order valence-electron chi connectivity index (χ3n) is 5.55. The predicted molar refractivity (Wildman–Crippen MR) is 103 cm³/mol. The second-order valence-electron chi connectivity index (χ2n) is 7.29. The van der Waals surface area contributed by atoms with Crippen molar-refractivity contribution in [2.24, 2.45) is 17.8 Å².